The zero-order valence-corrected chi connectivity index (χ0v) is 19.2. The number of piperidine rings is 1. The molecule has 3 rings (SSSR count). The Hall–Kier alpha value is -2.12. The second-order valence-electron chi connectivity index (χ2n) is 8.93. The second-order valence-corrected chi connectivity index (χ2v) is 8.93. The number of hydrogen-bond acceptors (Lipinski definition) is 4. The predicted molar refractivity (Wildman–Crippen MR) is 125 cm³/mol. The van der Waals surface area contributed by atoms with Gasteiger partial charge < -0.3 is 20.3 Å². The summed E-state index contributed by atoms with van der Waals surface area (Å²) in [4.78, 5) is 20.6. The number of guanidine groups is 1. The first-order chi connectivity index (χ1) is 15.1. The van der Waals surface area contributed by atoms with Crippen molar-refractivity contribution in [2.45, 2.75) is 44.7 Å². The molecule has 1 heterocycles. The summed E-state index contributed by atoms with van der Waals surface area (Å²) in [7, 11) is 3.52. The highest BCUT2D eigenvalue weighted by Gasteiger charge is 2.21. The van der Waals surface area contributed by atoms with E-state index in [1.54, 1.807) is 19.0 Å². The number of amides is 1. The minimum atomic E-state index is 0.00606. The lowest BCUT2D eigenvalue weighted by molar-refractivity contribution is -0.127. The van der Waals surface area contributed by atoms with Gasteiger partial charge in [-0.1, -0.05) is 30.3 Å². The minimum Gasteiger partial charge on any atom is -0.381 e. The van der Waals surface area contributed by atoms with Crippen LogP contribution in [-0.2, 0) is 16.1 Å². The number of ether oxygens (including phenoxy) is 1. The molecule has 1 aromatic rings. The molecule has 2 aliphatic rings. The summed E-state index contributed by atoms with van der Waals surface area (Å²) >= 11 is 0. The van der Waals surface area contributed by atoms with E-state index in [0.29, 0.717) is 6.04 Å². The average molecular weight is 430 g/mol. The van der Waals surface area contributed by atoms with Gasteiger partial charge in [0.05, 0.1) is 0 Å². The first kappa shape index (κ1) is 23.5. The monoisotopic (exact) mass is 429 g/mol. The van der Waals surface area contributed by atoms with Gasteiger partial charge in [-0.2, -0.15) is 0 Å². The maximum absolute atomic E-state index is 12.0. The van der Waals surface area contributed by atoms with Crippen LogP contribution >= 0.6 is 0 Å². The van der Waals surface area contributed by atoms with Crippen LogP contribution in [0.1, 0.15) is 37.7 Å². The van der Waals surface area contributed by atoms with E-state index < -0.39 is 0 Å². The van der Waals surface area contributed by atoms with Crippen LogP contribution in [0.15, 0.2) is 35.3 Å². The number of nitrogens with one attached hydrogen (secondary N) is 2. The molecular formula is C24H39N5O2. The second kappa shape index (κ2) is 12.7. The van der Waals surface area contributed by atoms with E-state index in [9.17, 15) is 4.79 Å². The molecule has 7 nitrogen and oxygen atoms in total. The van der Waals surface area contributed by atoms with E-state index in [-0.39, 0.29) is 12.5 Å². The van der Waals surface area contributed by atoms with E-state index in [4.69, 9.17) is 4.74 Å². The van der Waals surface area contributed by atoms with Crippen molar-refractivity contribution in [2.75, 3.05) is 53.5 Å². The lowest BCUT2D eigenvalue weighted by Crippen LogP contribution is -2.49. The first-order valence-electron chi connectivity index (χ1n) is 11.7. The standard InChI is InChI=1S/C24H39N5O2/c1-28(2)23(30)17-26-24(25-13-6-16-31-19-21-9-10-21)27-22-11-14-29(15-12-22)18-20-7-4-3-5-8-20/h3-5,7-8,21-22H,6,9-19H2,1-2H3,(H2,25,26,27). The third kappa shape index (κ3) is 9.27. The fourth-order valence-corrected chi connectivity index (χ4v) is 3.63. The number of likely N-dealkylation sites (tertiary alicyclic amines) is 1. The fraction of sp³-hybridized carbons (Fsp3) is 0.667. The Kier molecular flexibility index (Phi) is 9.62. The highest BCUT2D eigenvalue weighted by atomic mass is 16.5. The van der Waals surface area contributed by atoms with E-state index >= 15 is 0 Å². The van der Waals surface area contributed by atoms with Gasteiger partial charge in [0, 0.05) is 59.5 Å². The van der Waals surface area contributed by atoms with Gasteiger partial charge in [-0.05, 0) is 43.6 Å². The molecule has 0 atom stereocenters. The van der Waals surface area contributed by atoms with Crippen LogP contribution in [0.4, 0.5) is 0 Å². The molecule has 2 fully saturated rings. The van der Waals surface area contributed by atoms with Crippen molar-refractivity contribution in [3.63, 3.8) is 0 Å². The van der Waals surface area contributed by atoms with Gasteiger partial charge in [0.25, 0.3) is 0 Å². The van der Waals surface area contributed by atoms with Gasteiger partial charge in [-0.15, -0.1) is 0 Å². The highest BCUT2D eigenvalue weighted by Crippen LogP contribution is 2.28. The van der Waals surface area contributed by atoms with Gasteiger partial charge >= 0.3 is 0 Å². The quantitative estimate of drug-likeness (QED) is 0.320. The number of aliphatic imine (C=N–C) groups is 1. The summed E-state index contributed by atoms with van der Waals surface area (Å²) in [5.41, 5.74) is 1.36. The van der Waals surface area contributed by atoms with Gasteiger partial charge in [0.15, 0.2) is 5.96 Å². The molecule has 1 saturated heterocycles. The molecule has 0 bridgehead atoms. The molecule has 0 spiro atoms. The minimum absolute atomic E-state index is 0.00606. The number of hydrogen-bond donors (Lipinski definition) is 2. The van der Waals surface area contributed by atoms with Gasteiger partial charge in [0.1, 0.15) is 6.54 Å². The third-order valence-corrected chi connectivity index (χ3v) is 5.86. The summed E-state index contributed by atoms with van der Waals surface area (Å²) in [6.07, 6.45) is 5.72. The SMILES string of the molecule is CN(C)C(=O)CN=C(NCCCOCC1CC1)NC1CCN(Cc2ccccc2)CC1. The number of carbonyl (C=O) groups excluding carboxylic acids is 1. The molecular weight excluding hydrogens is 390 g/mol. The molecule has 0 radical (unpaired) electrons. The van der Waals surface area contributed by atoms with Crippen LogP contribution in [0.25, 0.3) is 0 Å². The van der Waals surface area contributed by atoms with Crippen molar-refractivity contribution in [3.8, 4) is 0 Å². The largest absolute Gasteiger partial charge is 0.381 e. The Morgan fingerprint density at radius 1 is 1.16 bits per heavy atom. The van der Waals surface area contributed by atoms with E-state index in [1.807, 2.05) is 0 Å². The van der Waals surface area contributed by atoms with Gasteiger partial charge in [-0.25, -0.2) is 4.99 Å². The summed E-state index contributed by atoms with van der Waals surface area (Å²) in [5.74, 6) is 1.54. The topological polar surface area (TPSA) is 69.2 Å². The number of carbonyl (C=O) groups is 1. The Bertz CT molecular complexity index is 682. The first-order valence-corrected chi connectivity index (χ1v) is 11.7. The van der Waals surface area contributed by atoms with Crippen LogP contribution in [0.5, 0.6) is 0 Å². The Morgan fingerprint density at radius 2 is 1.90 bits per heavy atom. The van der Waals surface area contributed by atoms with Crippen molar-refractivity contribution in [1.29, 1.82) is 0 Å². The van der Waals surface area contributed by atoms with Crippen LogP contribution in [0.3, 0.4) is 0 Å². The van der Waals surface area contributed by atoms with Crippen LogP contribution < -0.4 is 10.6 Å². The highest BCUT2D eigenvalue weighted by molar-refractivity contribution is 5.84. The van der Waals surface area contributed by atoms with E-state index in [2.05, 4.69) is 50.9 Å². The van der Waals surface area contributed by atoms with Crippen molar-refractivity contribution < 1.29 is 9.53 Å². The smallest absolute Gasteiger partial charge is 0.243 e. The van der Waals surface area contributed by atoms with Crippen molar-refractivity contribution in [3.05, 3.63) is 35.9 Å². The predicted octanol–water partition coefficient (Wildman–Crippen LogP) is 2.09. The van der Waals surface area contributed by atoms with Crippen LogP contribution in [0.2, 0.25) is 0 Å². The number of nitrogens with zero attached hydrogens (tertiary/aromatic N) is 3. The lowest BCUT2D eigenvalue weighted by atomic mass is 10.0. The summed E-state index contributed by atoms with van der Waals surface area (Å²) in [6, 6.07) is 11.0. The maximum Gasteiger partial charge on any atom is 0.243 e. The molecule has 2 N–H and O–H groups in total. The van der Waals surface area contributed by atoms with Crippen molar-refractivity contribution >= 4 is 11.9 Å². The maximum atomic E-state index is 12.0. The Morgan fingerprint density at radius 3 is 2.58 bits per heavy atom. The normalized spacial score (nSPS) is 18.1. The van der Waals surface area contributed by atoms with Gasteiger partial charge in [-0.3, -0.25) is 9.69 Å². The molecule has 7 heteroatoms. The summed E-state index contributed by atoms with van der Waals surface area (Å²) in [6.45, 7) is 5.75. The zero-order chi connectivity index (χ0) is 21.9. The summed E-state index contributed by atoms with van der Waals surface area (Å²) < 4.78 is 5.71. The van der Waals surface area contributed by atoms with Crippen molar-refractivity contribution in [1.82, 2.24) is 20.4 Å². The summed E-state index contributed by atoms with van der Waals surface area (Å²) in [5, 5.41) is 6.95. The van der Waals surface area contributed by atoms with Crippen LogP contribution in [0, 0.1) is 5.92 Å². The molecule has 0 unspecified atom stereocenters. The lowest BCUT2D eigenvalue weighted by Gasteiger charge is -2.33. The molecule has 172 valence electrons. The molecule has 1 aliphatic heterocycles. The third-order valence-electron chi connectivity index (χ3n) is 5.86. The molecule has 31 heavy (non-hydrogen) atoms. The number of rotatable bonds is 11. The fourth-order valence-electron chi connectivity index (χ4n) is 3.63. The number of likely N-dealkylation sites (N-methyl/N-ethyl adjacent to an activating group) is 1. The molecule has 0 aromatic heterocycles. The zero-order valence-electron chi connectivity index (χ0n) is 19.2. The molecule has 1 aromatic carbocycles. The Balaban J connectivity index is 1.40. The molecule has 1 amide bonds. The van der Waals surface area contributed by atoms with Crippen molar-refractivity contribution in [2.24, 2.45) is 10.9 Å². The number of benzene rings is 1. The van der Waals surface area contributed by atoms with E-state index in [1.165, 1.54) is 18.4 Å². The molecule has 1 aliphatic carbocycles. The van der Waals surface area contributed by atoms with Crippen LogP contribution in [-0.4, -0.2) is 81.2 Å². The average Bonchev–Trinajstić information content (AvgIpc) is 3.60. The van der Waals surface area contributed by atoms with E-state index in [0.717, 1.165) is 70.5 Å². The molecule has 1 saturated carbocycles. The van der Waals surface area contributed by atoms with Gasteiger partial charge in [0.2, 0.25) is 5.91 Å². The Labute approximate surface area is 187 Å².